The number of hydrogen-bond acceptors (Lipinski definition) is 3. The topological polar surface area (TPSA) is 6.48 Å². The molecule has 2 aromatic carbocycles. The first-order chi connectivity index (χ1) is 24.1. The van der Waals surface area contributed by atoms with E-state index < -0.39 is 12.5 Å². The van der Waals surface area contributed by atoms with E-state index in [1.165, 1.54) is 131 Å². The van der Waals surface area contributed by atoms with E-state index in [1.807, 2.05) is 0 Å². The van der Waals surface area contributed by atoms with E-state index >= 15 is 0 Å². The zero-order valence-corrected chi connectivity index (χ0v) is 34.2. The minimum absolute atomic E-state index is 0.106. The molecule has 1 aliphatic heterocycles. The van der Waals surface area contributed by atoms with Gasteiger partial charge in [-0.3, -0.25) is 0 Å². The molecule has 1 aromatic heterocycles. The van der Waals surface area contributed by atoms with E-state index in [-0.39, 0.29) is 5.38 Å². The largest absolute Gasteiger partial charge is 0.301 e. The van der Waals surface area contributed by atoms with Crippen LogP contribution in [-0.2, 0) is 0 Å². The summed E-state index contributed by atoms with van der Waals surface area (Å²) in [5.74, 6) is 1.19. The first-order valence-electron chi connectivity index (χ1n) is 19.1. The lowest BCUT2D eigenvalue weighted by molar-refractivity contribution is 0.476. The van der Waals surface area contributed by atoms with E-state index in [1.54, 1.807) is 11.3 Å². The summed E-state index contributed by atoms with van der Waals surface area (Å²) in [5, 5.41) is 2.08. The molecule has 3 fully saturated rings. The number of alkyl halides is 2. The van der Waals surface area contributed by atoms with Crippen LogP contribution in [0.4, 0.5) is 11.4 Å². The van der Waals surface area contributed by atoms with Crippen LogP contribution >= 0.6 is 42.5 Å². The lowest BCUT2D eigenvalue weighted by atomic mass is 9.86. The molecule has 2 heterocycles. The molecule has 3 saturated carbocycles. The number of halogens is 2. The third-order valence-electron chi connectivity index (χ3n) is 11.7. The monoisotopic (exact) mass is 744 g/mol. The Bertz CT molecular complexity index is 1660. The molecule has 0 N–H and O–H groups in total. The Morgan fingerprint density at radius 2 is 1.20 bits per heavy atom. The van der Waals surface area contributed by atoms with Gasteiger partial charge in [0.15, 0.2) is 0 Å². The smallest absolute Gasteiger partial charge is 0.127 e. The average molecular weight is 746 g/mol. The summed E-state index contributed by atoms with van der Waals surface area (Å²) in [7, 11) is -0.548. The second kappa shape index (κ2) is 15.1. The van der Waals surface area contributed by atoms with Crippen molar-refractivity contribution in [3.63, 3.8) is 0 Å². The standard InChI is InChI=1S/C44H55Cl2N2PS/c1-29-24-31(3)41(32(4)25-29)47-21-22-48(42-33(5)26-30(2)27-34(42)6)43(47)40-38(28-37-18-13-23-50-37)39(45)19-20-44(40,46)49(35-14-9-7-10-15-35)36-16-11-8-12-17-36/h13,18,21-28,35-36,39H,7-12,14-17,19-20H2,1-6H3. The van der Waals surface area contributed by atoms with Crippen molar-refractivity contribution in [2.24, 2.45) is 0 Å². The predicted molar refractivity (Wildman–Crippen MR) is 223 cm³/mol. The molecule has 0 spiro atoms. The van der Waals surface area contributed by atoms with Gasteiger partial charge in [0.1, 0.15) is 5.82 Å². The quantitative estimate of drug-likeness (QED) is 0.183. The molecule has 50 heavy (non-hydrogen) atoms. The van der Waals surface area contributed by atoms with Crippen LogP contribution in [0.5, 0.6) is 0 Å². The average Bonchev–Trinajstić information content (AvgIpc) is 3.74. The van der Waals surface area contributed by atoms with E-state index in [0.717, 1.165) is 12.8 Å². The van der Waals surface area contributed by atoms with Crippen molar-refractivity contribution in [3.05, 3.63) is 109 Å². The van der Waals surface area contributed by atoms with Crippen LogP contribution in [0.3, 0.4) is 0 Å². The lowest BCUT2D eigenvalue weighted by Gasteiger charge is -2.52. The fourth-order valence-electron chi connectivity index (χ4n) is 9.92. The van der Waals surface area contributed by atoms with Crippen LogP contribution in [0.2, 0.25) is 0 Å². The van der Waals surface area contributed by atoms with Crippen LogP contribution in [0.15, 0.2) is 71.1 Å². The highest BCUT2D eigenvalue weighted by Gasteiger charge is 2.54. The molecule has 2 nitrogen and oxygen atoms in total. The van der Waals surface area contributed by atoms with E-state index in [4.69, 9.17) is 23.2 Å². The molecule has 3 aliphatic carbocycles. The first kappa shape index (κ1) is 36.3. The molecule has 266 valence electrons. The SMILES string of the molecule is Cc1cc(C)c(N2C=CN(c3c(C)cc(C)cc3C)C2=C2C(=Cc3cccs3)C(Cl)CCC2(Cl)P(C2CCCCC2)C2CCCCC2)c(C)c1. The second-order valence-electron chi connectivity index (χ2n) is 15.6. The van der Waals surface area contributed by atoms with Crippen molar-refractivity contribution < 1.29 is 0 Å². The summed E-state index contributed by atoms with van der Waals surface area (Å²) in [6, 6.07) is 13.7. The van der Waals surface area contributed by atoms with Crippen molar-refractivity contribution in [1.82, 2.24) is 0 Å². The van der Waals surface area contributed by atoms with Crippen LogP contribution in [0.1, 0.15) is 115 Å². The van der Waals surface area contributed by atoms with Crippen LogP contribution in [0.25, 0.3) is 6.08 Å². The van der Waals surface area contributed by atoms with Gasteiger partial charge in [-0.15, -0.1) is 34.5 Å². The van der Waals surface area contributed by atoms with Crippen molar-refractivity contribution in [2.75, 3.05) is 9.80 Å². The Morgan fingerprint density at radius 1 is 0.720 bits per heavy atom. The number of benzene rings is 2. The van der Waals surface area contributed by atoms with E-state index in [9.17, 15) is 0 Å². The van der Waals surface area contributed by atoms with Crippen molar-refractivity contribution in [3.8, 4) is 0 Å². The van der Waals surface area contributed by atoms with Gasteiger partial charge in [-0.2, -0.15) is 0 Å². The zero-order valence-electron chi connectivity index (χ0n) is 31.0. The maximum Gasteiger partial charge on any atom is 0.127 e. The molecule has 7 rings (SSSR count). The van der Waals surface area contributed by atoms with Crippen molar-refractivity contribution in [1.29, 1.82) is 0 Å². The molecule has 0 radical (unpaired) electrons. The molecule has 0 saturated heterocycles. The number of aryl methyl sites for hydroxylation is 6. The Hall–Kier alpha value is -2.03. The van der Waals surface area contributed by atoms with Gasteiger partial charge in [0.25, 0.3) is 0 Å². The van der Waals surface area contributed by atoms with Gasteiger partial charge in [0.2, 0.25) is 0 Å². The Labute approximate surface area is 317 Å². The van der Waals surface area contributed by atoms with E-state index in [0.29, 0.717) is 11.3 Å². The second-order valence-corrected chi connectivity index (χ2v) is 21.1. The van der Waals surface area contributed by atoms with Crippen LogP contribution in [-0.4, -0.2) is 21.3 Å². The molecule has 2 unspecified atom stereocenters. The number of allylic oxidation sites excluding steroid dienone is 2. The number of hydrogen-bond donors (Lipinski definition) is 0. The molecule has 3 aromatic rings. The Kier molecular flexibility index (Phi) is 11.0. The molecule has 4 aliphatic rings. The minimum atomic E-state index is -0.548. The van der Waals surface area contributed by atoms with Crippen LogP contribution in [0, 0.1) is 41.5 Å². The predicted octanol–water partition coefficient (Wildman–Crippen LogP) is 14.2. The van der Waals surface area contributed by atoms with Gasteiger partial charge in [-0.1, -0.05) is 87.9 Å². The highest BCUT2D eigenvalue weighted by molar-refractivity contribution is 7.63. The first-order valence-corrected chi connectivity index (χ1v) is 22.3. The van der Waals surface area contributed by atoms with Gasteiger partial charge in [0, 0.05) is 22.9 Å². The molecule has 0 amide bonds. The summed E-state index contributed by atoms with van der Waals surface area (Å²) < 4.78 is -0.481. The summed E-state index contributed by atoms with van der Waals surface area (Å²) in [5.41, 5.74) is 14.2. The number of thiophene rings is 1. The molecule has 6 heteroatoms. The molecular weight excluding hydrogens is 690 g/mol. The summed E-state index contributed by atoms with van der Waals surface area (Å²) in [4.78, 5) is 6.25. The lowest BCUT2D eigenvalue weighted by Crippen LogP contribution is -2.42. The Balaban J connectivity index is 1.57. The van der Waals surface area contributed by atoms with Crippen molar-refractivity contribution >= 4 is 59.9 Å². The minimum Gasteiger partial charge on any atom is -0.301 e. The maximum absolute atomic E-state index is 8.76. The summed E-state index contributed by atoms with van der Waals surface area (Å²) in [6.45, 7) is 13.5. The normalized spacial score (nSPS) is 24.7. The third kappa shape index (κ3) is 6.91. The third-order valence-corrected chi connectivity index (χ3v) is 17.8. The molecule has 2 atom stereocenters. The molecule has 0 bridgehead atoms. The van der Waals surface area contributed by atoms with Crippen molar-refractivity contribution in [2.45, 2.75) is 140 Å². The number of anilines is 2. The van der Waals surface area contributed by atoms with Gasteiger partial charge >= 0.3 is 0 Å². The number of rotatable bonds is 6. The van der Waals surface area contributed by atoms with Gasteiger partial charge in [-0.25, -0.2) is 0 Å². The van der Waals surface area contributed by atoms with Crippen LogP contribution < -0.4 is 9.80 Å². The molecular formula is C44H55Cl2N2PS. The van der Waals surface area contributed by atoms with E-state index in [2.05, 4.69) is 112 Å². The fourth-order valence-corrected chi connectivity index (χ4v) is 16.5. The highest BCUT2D eigenvalue weighted by atomic mass is 35.5. The highest BCUT2D eigenvalue weighted by Crippen LogP contribution is 2.72. The summed E-state index contributed by atoms with van der Waals surface area (Å²) in [6.07, 6.45) is 22.3. The summed E-state index contributed by atoms with van der Waals surface area (Å²) >= 11 is 18.2. The zero-order chi connectivity index (χ0) is 35.2. The fraction of sp³-hybridized carbons (Fsp3) is 0.500. The maximum atomic E-state index is 8.76. The van der Waals surface area contributed by atoms with Gasteiger partial charge in [0.05, 0.1) is 21.4 Å². The van der Waals surface area contributed by atoms with Gasteiger partial charge in [-0.05, 0) is 137 Å². The number of nitrogens with zero attached hydrogens (tertiary/aromatic N) is 2. The Morgan fingerprint density at radius 3 is 1.64 bits per heavy atom. The van der Waals surface area contributed by atoms with Gasteiger partial charge < -0.3 is 9.80 Å².